The molecule has 1 aliphatic heterocycles. The first-order valence-electron chi connectivity index (χ1n) is 12.0. The predicted octanol–water partition coefficient (Wildman–Crippen LogP) is 5.77. The predicted molar refractivity (Wildman–Crippen MR) is 126 cm³/mol. The number of hydrogen-bond donors (Lipinski definition) is 2. The number of allylic oxidation sites excluding steroid dienone is 3. The first-order valence-corrected chi connectivity index (χ1v) is 12.0. The lowest BCUT2D eigenvalue weighted by atomic mass is 9.76. The first kappa shape index (κ1) is 25.2. The highest BCUT2D eigenvalue weighted by Gasteiger charge is 2.45. The molecule has 180 valence electrons. The van der Waals surface area contributed by atoms with Gasteiger partial charge in [-0.05, 0) is 30.5 Å². The third-order valence-electron chi connectivity index (χ3n) is 6.36. The monoisotopic (exact) mass is 466 g/mol. The molecule has 1 aromatic rings. The normalized spacial score (nSPS) is 18.2. The van der Waals surface area contributed by atoms with Gasteiger partial charge in [-0.2, -0.15) is 5.26 Å². The summed E-state index contributed by atoms with van der Waals surface area (Å²) >= 11 is 0. The highest BCUT2D eigenvalue weighted by atomic mass is 19.1. The summed E-state index contributed by atoms with van der Waals surface area (Å²) in [6.07, 6.45) is 10.1. The number of hydrogen-bond acceptors (Lipinski definition) is 6. The number of halogens is 1. The van der Waals surface area contributed by atoms with Gasteiger partial charge in [0, 0.05) is 5.57 Å². The van der Waals surface area contributed by atoms with Gasteiger partial charge in [0.25, 0.3) is 0 Å². The van der Waals surface area contributed by atoms with Gasteiger partial charge < -0.3 is 15.6 Å². The fourth-order valence-corrected chi connectivity index (χ4v) is 4.53. The van der Waals surface area contributed by atoms with E-state index in [4.69, 9.17) is 10.5 Å². The quantitative estimate of drug-likeness (QED) is 0.316. The molecule has 0 bridgehead atoms. The van der Waals surface area contributed by atoms with Crippen LogP contribution in [-0.2, 0) is 14.3 Å². The molecule has 0 spiro atoms. The zero-order chi connectivity index (χ0) is 24.7. The van der Waals surface area contributed by atoms with Crippen molar-refractivity contribution in [1.29, 1.82) is 5.26 Å². The Bertz CT molecular complexity index is 1090. The van der Waals surface area contributed by atoms with E-state index in [0.717, 1.165) is 19.3 Å². The van der Waals surface area contributed by atoms with Crippen LogP contribution in [0.3, 0.4) is 0 Å². The standard InChI is InChI=1S/C27H31FN2O4/c1-2-3-4-5-6-7-8-9-10-14-19-23(31)25(33)22-21(17-12-11-13-18(28)15-17)20(16-29)27(30)34-26(22)24(19)32/h11-13,15,21,31H,2-10,14,30H2,1H3. The van der Waals surface area contributed by atoms with E-state index in [2.05, 4.69) is 6.92 Å². The number of rotatable bonds is 11. The fourth-order valence-electron chi connectivity index (χ4n) is 4.53. The number of carbonyl (C=O) groups is 2. The molecule has 1 unspecified atom stereocenters. The van der Waals surface area contributed by atoms with Gasteiger partial charge in [0.05, 0.1) is 11.5 Å². The molecule has 2 aliphatic rings. The Morgan fingerprint density at radius 2 is 1.71 bits per heavy atom. The smallest absolute Gasteiger partial charge is 0.228 e. The van der Waals surface area contributed by atoms with Crippen LogP contribution in [0.15, 0.2) is 58.4 Å². The summed E-state index contributed by atoms with van der Waals surface area (Å²) in [7, 11) is 0. The Labute approximate surface area is 199 Å². The minimum Gasteiger partial charge on any atom is -0.504 e. The number of benzene rings is 1. The van der Waals surface area contributed by atoms with Crippen LogP contribution < -0.4 is 5.73 Å². The maximum absolute atomic E-state index is 13.9. The number of nitriles is 1. The number of Topliss-reactive ketones (excluding diaryl/α,β-unsaturated/α-hetero) is 2. The van der Waals surface area contributed by atoms with E-state index in [1.54, 1.807) is 0 Å². The van der Waals surface area contributed by atoms with E-state index in [0.29, 0.717) is 6.42 Å². The van der Waals surface area contributed by atoms with E-state index < -0.39 is 29.1 Å². The summed E-state index contributed by atoms with van der Waals surface area (Å²) in [5, 5.41) is 20.2. The molecule has 1 heterocycles. The molecule has 0 saturated carbocycles. The molecule has 3 rings (SSSR count). The van der Waals surface area contributed by atoms with Crippen molar-refractivity contribution < 1.29 is 23.8 Å². The molecule has 0 aromatic heterocycles. The number of carbonyl (C=O) groups excluding carboxylic acids is 2. The van der Waals surface area contributed by atoms with Crippen LogP contribution in [0.5, 0.6) is 0 Å². The molecule has 0 amide bonds. The molecule has 7 heteroatoms. The number of ketones is 2. The summed E-state index contributed by atoms with van der Waals surface area (Å²) in [5.74, 6) is -4.31. The van der Waals surface area contributed by atoms with Crippen molar-refractivity contribution in [2.45, 2.75) is 77.0 Å². The molecule has 3 N–H and O–H groups in total. The number of aliphatic hydroxyl groups is 1. The largest absolute Gasteiger partial charge is 0.504 e. The molecular weight excluding hydrogens is 435 g/mol. The van der Waals surface area contributed by atoms with Crippen molar-refractivity contribution in [2.75, 3.05) is 0 Å². The van der Waals surface area contributed by atoms with Gasteiger partial charge in [-0.25, -0.2) is 4.39 Å². The Hall–Kier alpha value is -3.40. The number of ether oxygens (including phenoxy) is 1. The van der Waals surface area contributed by atoms with Crippen LogP contribution in [0.1, 0.15) is 82.6 Å². The van der Waals surface area contributed by atoms with E-state index in [-0.39, 0.29) is 40.3 Å². The van der Waals surface area contributed by atoms with Crippen LogP contribution in [0, 0.1) is 17.1 Å². The zero-order valence-electron chi connectivity index (χ0n) is 19.5. The number of nitrogens with two attached hydrogens (primary N) is 1. The summed E-state index contributed by atoms with van der Waals surface area (Å²) in [4.78, 5) is 26.3. The van der Waals surface area contributed by atoms with Gasteiger partial charge in [0.2, 0.25) is 17.4 Å². The highest BCUT2D eigenvalue weighted by molar-refractivity contribution is 6.24. The minimum atomic E-state index is -1.10. The molecule has 0 saturated heterocycles. The maximum atomic E-state index is 13.9. The Morgan fingerprint density at radius 1 is 1.06 bits per heavy atom. The Balaban J connectivity index is 1.74. The lowest BCUT2D eigenvalue weighted by Crippen LogP contribution is -2.33. The first-order chi connectivity index (χ1) is 16.4. The van der Waals surface area contributed by atoms with Crippen LogP contribution in [0.25, 0.3) is 0 Å². The van der Waals surface area contributed by atoms with E-state index >= 15 is 0 Å². The highest BCUT2D eigenvalue weighted by Crippen LogP contribution is 2.44. The van der Waals surface area contributed by atoms with Crippen LogP contribution >= 0.6 is 0 Å². The van der Waals surface area contributed by atoms with Crippen LogP contribution in [-0.4, -0.2) is 16.7 Å². The van der Waals surface area contributed by atoms with E-state index in [1.807, 2.05) is 6.07 Å². The second kappa shape index (κ2) is 11.6. The second-order valence-corrected chi connectivity index (χ2v) is 8.79. The lowest BCUT2D eigenvalue weighted by Gasteiger charge is -2.30. The summed E-state index contributed by atoms with van der Waals surface area (Å²) in [6, 6.07) is 7.26. The Morgan fingerprint density at radius 3 is 2.32 bits per heavy atom. The van der Waals surface area contributed by atoms with Crippen molar-refractivity contribution in [3.8, 4) is 6.07 Å². The van der Waals surface area contributed by atoms with Crippen molar-refractivity contribution >= 4 is 11.6 Å². The third kappa shape index (κ3) is 5.39. The molecule has 1 aromatic carbocycles. The van der Waals surface area contributed by atoms with Crippen LogP contribution in [0.2, 0.25) is 0 Å². The molecule has 1 atom stereocenters. The topological polar surface area (TPSA) is 113 Å². The Kier molecular flexibility index (Phi) is 8.64. The number of unbranched alkanes of at least 4 members (excludes halogenated alkanes) is 8. The van der Waals surface area contributed by atoms with E-state index in [1.165, 1.54) is 56.4 Å². The average molecular weight is 467 g/mol. The van der Waals surface area contributed by atoms with Crippen molar-refractivity contribution in [1.82, 2.24) is 0 Å². The SMILES string of the molecule is CCCCCCCCCCCC1=C(O)C(=O)C2=C(OC(N)=C(C#N)C2c2cccc(F)c2)C1=O. The second-order valence-electron chi connectivity index (χ2n) is 8.79. The van der Waals surface area contributed by atoms with E-state index in [9.17, 15) is 24.3 Å². The molecule has 0 radical (unpaired) electrons. The van der Waals surface area contributed by atoms with Gasteiger partial charge in [-0.1, -0.05) is 70.4 Å². The van der Waals surface area contributed by atoms with Crippen molar-refractivity contribution in [2.24, 2.45) is 5.73 Å². The number of nitrogens with zero attached hydrogens (tertiary/aromatic N) is 1. The summed E-state index contributed by atoms with van der Waals surface area (Å²) in [5.41, 5.74) is 5.89. The third-order valence-corrected chi connectivity index (χ3v) is 6.36. The minimum absolute atomic E-state index is 0.00195. The molecule has 34 heavy (non-hydrogen) atoms. The van der Waals surface area contributed by atoms with Crippen molar-refractivity contribution in [3.05, 3.63) is 69.8 Å². The maximum Gasteiger partial charge on any atom is 0.228 e. The van der Waals surface area contributed by atoms with Gasteiger partial charge >= 0.3 is 0 Å². The molecule has 0 fully saturated rings. The summed E-state index contributed by atoms with van der Waals surface area (Å²) in [6.45, 7) is 2.19. The lowest BCUT2D eigenvalue weighted by molar-refractivity contribution is -0.120. The van der Waals surface area contributed by atoms with Gasteiger partial charge in [0.15, 0.2) is 11.5 Å². The van der Waals surface area contributed by atoms with Crippen molar-refractivity contribution in [3.63, 3.8) is 0 Å². The fraction of sp³-hybridized carbons (Fsp3) is 0.444. The van der Waals surface area contributed by atoms with Crippen LogP contribution in [0.4, 0.5) is 4.39 Å². The molecule has 1 aliphatic carbocycles. The van der Waals surface area contributed by atoms with Gasteiger partial charge in [0.1, 0.15) is 17.5 Å². The zero-order valence-corrected chi connectivity index (χ0v) is 19.5. The average Bonchev–Trinajstić information content (AvgIpc) is 2.82. The molecular formula is C27H31FN2O4. The van der Waals surface area contributed by atoms with Gasteiger partial charge in [-0.3, -0.25) is 9.59 Å². The number of aliphatic hydroxyl groups excluding tert-OH is 1. The molecule has 6 nitrogen and oxygen atoms in total. The summed E-state index contributed by atoms with van der Waals surface area (Å²) < 4.78 is 19.3. The van der Waals surface area contributed by atoms with Gasteiger partial charge in [-0.15, -0.1) is 0 Å².